The molecule has 0 atom stereocenters. The summed E-state index contributed by atoms with van der Waals surface area (Å²) in [6, 6.07) is 5.14. The third-order valence-corrected chi connectivity index (χ3v) is 5.98. The van der Waals surface area contributed by atoms with Crippen molar-refractivity contribution in [3.63, 3.8) is 0 Å². The van der Waals surface area contributed by atoms with Crippen LogP contribution in [-0.4, -0.2) is 25.8 Å². The summed E-state index contributed by atoms with van der Waals surface area (Å²) < 4.78 is 27.0. The quantitative estimate of drug-likeness (QED) is 0.689. The number of anilines is 1. The molecule has 0 radical (unpaired) electrons. The van der Waals surface area contributed by atoms with Crippen LogP contribution >= 0.6 is 0 Å². The van der Waals surface area contributed by atoms with Crippen LogP contribution in [0.3, 0.4) is 0 Å². The largest absolute Gasteiger partial charge is 0.399 e. The van der Waals surface area contributed by atoms with Crippen molar-refractivity contribution >= 4 is 15.7 Å². The fourth-order valence-electron chi connectivity index (χ4n) is 2.91. The SMILES string of the molecule is Cc1cc(N)cc(S(=O)(=O)N(C)C2CCCCCC2)c1. The Morgan fingerprint density at radius 1 is 1.10 bits per heavy atom. The summed E-state index contributed by atoms with van der Waals surface area (Å²) in [5.41, 5.74) is 7.15. The standard InChI is InChI=1S/C15H24N2O2S/c1-12-9-13(16)11-15(10-12)20(18,19)17(2)14-7-5-3-4-6-8-14/h9-11,14H,3-8,16H2,1-2H3. The smallest absolute Gasteiger partial charge is 0.243 e. The van der Waals surface area contributed by atoms with Gasteiger partial charge in [-0.1, -0.05) is 25.7 Å². The van der Waals surface area contributed by atoms with Gasteiger partial charge in [0.1, 0.15) is 0 Å². The molecule has 1 aromatic rings. The number of benzene rings is 1. The lowest BCUT2D eigenvalue weighted by Gasteiger charge is -2.26. The lowest BCUT2D eigenvalue weighted by molar-refractivity contribution is 0.335. The molecule has 112 valence electrons. The first-order chi connectivity index (χ1) is 9.41. The zero-order valence-corrected chi connectivity index (χ0v) is 13.1. The van der Waals surface area contributed by atoms with Crippen LogP contribution in [0.2, 0.25) is 0 Å². The van der Waals surface area contributed by atoms with Crippen molar-refractivity contribution in [2.45, 2.75) is 56.4 Å². The van der Waals surface area contributed by atoms with Crippen molar-refractivity contribution in [3.05, 3.63) is 23.8 Å². The molecule has 0 amide bonds. The van der Waals surface area contributed by atoms with E-state index in [0.29, 0.717) is 10.6 Å². The molecule has 1 aromatic carbocycles. The van der Waals surface area contributed by atoms with Crippen LogP contribution in [0.4, 0.5) is 5.69 Å². The second-order valence-electron chi connectivity index (χ2n) is 5.75. The van der Waals surface area contributed by atoms with E-state index in [-0.39, 0.29) is 6.04 Å². The van der Waals surface area contributed by atoms with Gasteiger partial charge in [-0.2, -0.15) is 4.31 Å². The van der Waals surface area contributed by atoms with E-state index in [1.165, 1.54) is 12.8 Å². The number of rotatable bonds is 3. The Morgan fingerprint density at radius 2 is 1.70 bits per heavy atom. The van der Waals surface area contributed by atoms with Gasteiger partial charge in [-0.3, -0.25) is 0 Å². The number of aryl methyl sites for hydroxylation is 1. The summed E-state index contributed by atoms with van der Waals surface area (Å²) in [5, 5.41) is 0. The molecule has 5 heteroatoms. The van der Waals surface area contributed by atoms with Gasteiger partial charge in [-0.25, -0.2) is 8.42 Å². The summed E-state index contributed by atoms with van der Waals surface area (Å²) in [4.78, 5) is 0.307. The van der Waals surface area contributed by atoms with Gasteiger partial charge in [0.05, 0.1) is 4.90 Å². The Labute approximate surface area is 122 Å². The van der Waals surface area contributed by atoms with Crippen LogP contribution < -0.4 is 5.73 Å². The molecular formula is C15H24N2O2S. The molecule has 4 nitrogen and oxygen atoms in total. The Hall–Kier alpha value is -1.07. The maximum Gasteiger partial charge on any atom is 0.243 e. The van der Waals surface area contributed by atoms with E-state index in [1.807, 2.05) is 6.92 Å². The van der Waals surface area contributed by atoms with E-state index in [9.17, 15) is 8.42 Å². The molecular weight excluding hydrogens is 272 g/mol. The Bertz CT molecular complexity index is 541. The van der Waals surface area contributed by atoms with Crippen molar-refractivity contribution in [1.82, 2.24) is 4.31 Å². The first-order valence-corrected chi connectivity index (χ1v) is 8.70. The highest BCUT2D eigenvalue weighted by Gasteiger charge is 2.28. The van der Waals surface area contributed by atoms with Crippen molar-refractivity contribution in [2.75, 3.05) is 12.8 Å². The fraction of sp³-hybridized carbons (Fsp3) is 0.600. The highest BCUT2D eigenvalue weighted by molar-refractivity contribution is 7.89. The van der Waals surface area contributed by atoms with Gasteiger partial charge in [0.2, 0.25) is 10.0 Å². The molecule has 2 rings (SSSR count). The monoisotopic (exact) mass is 296 g/mol. The first-order valence-electron chi connectivity index (χ1n) is 7.26. The summed E-state index contributed by atoms with van der Waals surface area (Å²) in [5.74, 6) is 0. The van der Waals surface area contributed by atoms with Crippen LogP contribution in [0.15, 0.2) is 23.1 Å². The summed E-state index contributed by atoms with van der Waals surface area (Å²) in [6.07, 6.45) is 6.55. The van der Waals surface area contributed by atoms with Crippen LogP contribution in [0.25, 0.3) is 0 Å². The summed E-state index contributed by atoms with van der Waals surface area (Å²) in [7, 11) is -1.75. The van der Waals surface area contributed by atoms with E-state index in [2.05, 4.69) is 0 Å². The maximum absolute atomic E-state index is 12.7. The summed E-state index contributed by atoms with van der Waals surface area (Å²) >= 11 is 0. The molecule has 20 heavy (non-hydrogen) atoms. The molecule has 0 unspecified atom stereocenters. The molecule has 1 saturated carbocycles. The molecule has 1 aliphatic carbocycles. The van der Waals surface area contributed by atoms with Crippen LogP contribution in [0, 0.1) is 6.92 Å². The highest BCUT2D eigenvalue weighted by Crippen LogP contribution is 2.27. The minimum Gasteiger partial charge on any atom is -0.399 e. The number of hydrogen-bond acceptors (Lipinski definition) is 3. The van der Waals surface area contributed by atoms with Crippen LogP contribution in [0.1, 0.15) is 44.1 Å². The lowest BCUT2D eigenvalue weighted by atomic mass is 10.1. The first kappa shape index (κ1) is 15.3. The van der Waals surface area contributed by atoms with Crippen molar-refractivity contribution in [3.8, 4) is 0 Å². The van der Waals surface area contributed by atoms with Gasteiger partial charge in [-0.05, 0) is 43.5 Å². The average molecular weight is 296 g/mol. The number of nitrogens with two attached hydrogens (primary N) is 1. The molecule has 1 fully saturated rings. The van der Waals surface area contributed by atoms with E-state index in [4.69, 9.17) is 5.73 Å². The number of hydrogen-bond donors (Lipinski definition) is 1. The predicted octanol–water partition coefficient (Wildman–Crippen LogP) is 2.92. The third kappa shape index (κ3) is 3.33. The van der Waals surface area contributed by atoms with Crippen molar-refractivity contribution < 1.29 is 8.42 Å². The fourth-order valence-corrected chi connectivity index (χ4v) is 4.47. The lowest BCUT2D eigenvalue weighted by Crippen LogP contribution is -2.36. The van der Waals surface area contributed by atoms with Crippen molar-refractivity contribution in [1.29, 1.82) is 0 Å². The number of nitrogen functional groups attached to an aromatic ring is 1. The summed E-state index contributed by atoms with van der Waals surface area (Å²) in [6.45, 7) is 1.86. The van der Waals surface area contributed by atoms with E-state index >= 15 is 0 Å². The topological polar surface area (TPSA) is 63.4 Å². The van der Waals surface area contributed by atoms with Gasteiger partial charge in [0.15, 0.2) is 0 Å². The van der Waals surface area contributed by atoms with Crippen LogP contribution in [0.5, 0.6) is 0 Å². The average Bonchev–Trinajstić information content (AvgIpc) is 2.65. The Morgan fingerprint density at radius 3 is 2.25 bits per heavy atom. The second kappa shape index (κ2) is 6.14. The van der Waals surface area contributed by atoms with Gasteiger partial charge in [0.25, 0.3) is 0 Å². The van der Waals surface area contributed by atoms with Crippen LogP contribution in [-0.2, 0) is 10.0 Å². The highest BCUT2D eigenvalue weighted by atomic mass is 32.2. The minimum atomic E-state index is -3.45. The molecule has 2 N–H and O–H groups in total. The molecule has 0 saturated heterocycles. The number of nitrogens with zero attached hydrogens (tertiary/aromatic N) is 1. The third-order valence-electron chi connectivity index (χ3n) is 4.09. The molecule has 0 spiro atoms. The number of sulfonamides is 1. The van der Waals surface area contributed by atoms with Gasteiger partial charge in [0, 0.05) is 18.8 Å². The van der Waals surface area contributed by atoms with E-state index < -0.39 is 10.0 Å². The minimum absolute atomic E-state index is 0.115. The predicted molar refractivity (Wildman–Crippen MR) is 82.0 cm³/mol. The maximum atomic E-state index is 12.7. The molecule has 0 heterocycles. The molecule has 1 aliphatic rings. The molecule has 0 bridgehead atoms. The molecule has 0 aliphatic heterocycles. The van der Waals surface area contributed by atoms with E-state index in [1.54, 1.807) is 29.6 Å². The Kier molecular flexibility index (Phi) is 4.70. The second-order valence-corrected chi connectivity index (χ2v) is 7.74. The van der Waals surface area contributed by atoms with Gasteiger partial charge < -0.3 is 5.73 Å². The zero-order chi connectivity index (χ0) is 14.8. The van der Waals surface area contributed by atoms with Gasteiger partial charge >= 0.3 is 0 Å². The molecule has 0 aromatic heterocycles. The Balaban J connectivity index is 2.28. The van der Waals surface area contributed by atoms with E-state index in [0.717, 1.165) is 31.2 Å². The van der Waals surface area contributed by atoms with Crippen molar-refractivity contribution in [2.24, 2.45) is 0 Å². The normalized spacial score (nSPS) is 18.1. The van der Waals surface area contributed by atoms with Gasteiger partial charge in [-0.15, -0.1) is 0 Å². The zero-order valence-electron chi connectivity index (χ0n) is 12.3.